The van der Waals surface area contributed by atoms with E-state index in [0.29, 0.717) is 54.4 Å². The topological polar surface area (TPSA) is 117 Å². The summed E-state index contributed by atoms with van der Waals surface area (Å²) < 4.78 is 5.64. The quantitative estimate of drug-likeness (QED) is 0.203. The number of benzene rings is 3. The minimum atomic E-state index is -0.218. The minimum absolute atomic E-state index is 0.0745. The molecule has 0 bridgehead atoms. The number of amides is 2. The molecule has 0 fully saturated rings. The second-order valence-electron chi connectivity index (χ2n) is 8.45. The lowest BCUT2D eigenvalue weighted by Gasteiger charge is -2.12. The highest BCUT2D eigenvalue weighted by Gasteiger charge is 2.08. The molecule has 0 saturated carbocycles. The summed E-state index contributed by atoms with van der Waals surface area (Å²) in [6, 6.07) is 22.7. The van der Waals surface area contributed by atoms with Crippen LogP contribution < -0.4 is 26.0 Å². The first kappa shape index (κ1) is 26.7. The van der Waals surface area contributed by atoms with Gasteiger partial charge in [-0.2, -0.15) is 0 Å². The SMILES string of the molecule is CC(=O)NCCNc1cc(NCCNC(=O)COc2ccc3ccccc3c2)nc(-c2ccc(Cl)cc2)n1. The molecule has 9 nitrogen and oxygen atoms in total. The van der Waals surface area contributed by atoms with Gasteiger partial charge in [-0.1, -0.05) is 41.9 Å². The second-order valence-corrected chi connectivity index (χ2v) is 8.89. The van der Waals surface area contributed by atoms with E-state index in [1.807, 2.05) is 54.6 Å². The maximum atomic E-state index is 12.3. The zero-order valence-electron chi connectivity index (χ0n) is 21.0. The van der Waals surface area contributed by atoms with Crippen molar-refractivity contribution in [1.29, 1.82) is 0 Å². The predicted octanol–water partition coefficient (Wildman–Crippen LogP) is 4.11. The maximum absolute atomic E-state index is 12.3. The Bertz CT molecular complexity index is 1400. The van der Waals surface area contributed by atoms with Crippen molar-refractivity contribution < 1.29 is 14.3 Å². The van der Waals surface area contributed by atoms with Crippen molar-refractivity contribution in [3.05, 3.63) is 77.8 Å². The fourth-order valence-corrected chi connectivity index (χ4v) is 3.76. The Morgan fingerprint density at radius 2 is 1.45 bits per heavy atom. The van der Waals surface area contributed by atoms with Gasteiger partial charge >= 0.3 is 0 Å². The van der Waals surface area contributed by atoms with Gasteiger partial charge in [-0.05, 0) is 47.2 Å². The molecule has 38 heavy (non-hydrogen) atoms. The Hall–Kier alpha value is -4.37. The number of fused-ring (bicyclic) bond motifs is 1. The lowest BCUT2D eigenvalue weighted by Crippen LogP contribution is -2.32. The third-order valence-corrected chi connectivity index (χ3v) is 5.73. The molecule has 0 aliphatic carbocycles. The Morgan fingerprint density at radius 1 is 0.789 bits per heavy atom. The number of aromatic nitrogens is 2. The van der Waals surface area contributed by atoms with Gasteiger partial charge < -0.3 is 26.0 Å². The van der Waals surface area contributed by atoms with Crippen molar-refractivity contribution in [2.24, 2.45) is 0 Å². The number of nitrogens with one attached hydrogen (secondary N) is 4. The van der Waals surface area contributed by atoms with Crippen LogP contribution >= 0.6 is 11.6 Å². The standard InChI is InChI=1S/C28H29ClN6O3/c1-19(36)30-12-13-31-25-17-26(35-28(34-25)21-6-9-23(29)10-7-21)32-14-15-33-27(37)18-38-24-11-8-20-4-2-3-5-22(20)16-24/h2-11,16-17H,12-15,18H2,1H3,(H,30,36)(H,33,37)(H2,31,32,34,35). The van der Waals surface area contributed by atoms with Crippen LogP contribution in [-0.4, -0.2) is 54.6 Å². The van der Waals surface area contributed by atoms with Crippen molar-refractivity contribution >= 4 is 45.8 Å². The highest BCUT2D eigenvalue weighted by atomic mass is 35.5. The molecule has 4 N–H and O–H groups in total. The average molecular weight is 533 g/mol. The Labute approximate surface area is 226 Å². The lowest BCUT2D eigenvalue weighted by molar-refractivity contribution is -0.123. The van der Waals surface area contributed by atoms with Gasteiger partial charge in [-0.3, -0.25) is 9.59 Å². The number of nitrogens with zero attached hydrogens (tertiary/aromatic N) is 2. The predicted molar refractivity (Wildman–Crippen MR) is 151 cm³/mol. The van der Waals surface area contributed by atoms with Gasteiger partial charge in [-0.25, -0.2) is 9.97 Å². The van der Waals surface area contributed by atoms with Gasteiger partial charge in [0.1, 0.15) is 17.4 Å². The van der Waals surface area contributed by atoms with Crippen LogP contribution in [0.3, 0.4) is 0 Å². The van der Waals surface area contributed by atoms with Gasteiger partial charge in [0.05, 0.1) is 0 Å². The lowest BCUT2D eigenvalue weighted by atomic mass is 10.1. The van der Waals surface area contributed by atoms with Crippen molar-refractivity contribution in [3.63, 3.8) is 0 Å². The molecule has 10 heteroatoms. The molecule has 0 atom stereocenters. The molecule has 1 heterocycles. The summed E-state index contributed by atoms with van der Waals surface area (Å²) in [6.45, 7) is 3.19. The molecule has 0 spiro atoms. The summed E-state index contributed by atoms with van der Waals surface area (Å²) >= 11 is 6.02. The summed E-state index contributed by atoms with van der Waals surface area (Å²) in [5, 5.41) is 14.8. The van der Waals surface area contributed by atoms with Gasteiger partial charge in [-0.15, -0.1) is 0 Å². The minimum Gasteiger partial charge on any atom is -0.484 e. The molecular formula is C28H29ClN6O3. The molecule has 2 amide bonds. The molecule has 0 aliphatic rings. The number of hydrogen-bond donors (Lipinski definition) is 4. The number of anilines is 2. The van der Waals surface area contributed by atoms with Crippen molar-refractivity contribution in [3.8, 4) is 17.1 Å². The first-order valence-corrected chi connectivity index (χ1v) is 12.6. The Kier molecular flexibility index (Phi) is 9.31. The Balaban J connectivity index is 1.29. The van der Waals surface area contributed by atoms with Crippen molar-refractivity contribution in [2.45, 2.75) is 6.92 Å². The fourth-order valence-electron chi connectivity index (χ4n) is 3.64. The number of ether oxygens (including phenoxy) is 1. The van der Waals surface area contributed by atoms with Crippen LogP contribution in [-0.2, 0) is 9.59 Å². The molecule has 0 aliphatic heterocycles. The van der Waals surface area contributed by atoms with Crippen molar-refractivity contribution in [2.75, 3.05) is 43.4 Å². The first-order valence-electron chi connectivity index (χ1n) is 12.2. The zero-order valence-corrected chi connectivity index (χ0v) is 21.7. The smallest absolute Gasteiger partial charge is 0.258 e. The van der Waals surface area contributed by atoms with E-state index < -0.39 is 0 Å². The van der Waals surface area contributed by atoms with Gasteiger partial charge in [0.2, 0.25) is 5.91 Å². The first-order chi connectivity index (χ1) is 18.5. The molecule has 3 aromatic carbocycles. The highest BCUT2D eigenvalue weighted by Crippen LogP contribution is 2.22. The van der Waals surface area contributed by atoms with E-state index in [1.54, 1.807) is 18.2 Å². The molecule has 0 unspecified atom stereocenters. The third-order valence-electron chi connectivity index (χ3n) is 5.48. The van der Waals surface area contributed by atoms with E-state index in [4.69, 9.17) is 16.3 Å². The fraction of sp³-hybridized carbons (Fsp3) is 0.214. The van der Waals surface area contributed by atoms with Crippen LogP contribution in [0.15, 0.2) is 72.8 Å². The van der Waals surface area contributed by atoms with Crippen LogP contribution in [0.5, 0.6) is 5.75 Å². The summed E-state index contributed by atoms with van der Waals surface area (Å²) in [6.07, 6.45) is 0. The van der Waals surface area contributed by atoms with E-state index >= 15 is 0 Å². The number of carbonyl (C=O) groups is 2. The third kappa shape index (κ3) is 8.07. The summed E-state index contributed by atoms with van der Waals surface area (Å²) in [4.78, 5) is 32.5. The van der Waals surface area contributed by atoms with E-state index in [2.05, 4.69) is 31.2 Å². The molecule has 4 aromatic rings. The molecule has 0 saturated heterocycles. The maximum Gasteiger partial charge on any atom is 0.258 e. The van der Waals surface area contributed by atoms with Crippen molar-refractivity contribution in [1.82, 2.24) is 20.6 Å². The summed E-state index contributed by atoms with van der Waals surface area (Å²) in [5.41, 5.74) is 0.808. The van der Waals surface area contributed by atoms with Crippen LogP contribution in [0.25, 0.3) is 22.2 Å². The Morgan fingerprint density at radius 3 is 2.13 bits per heavy atom. The van der Waals surface area contributed by atoms with Gasteiger partial charge in [0.25, 0.3) is 5.91 Å². The normalized spacial score (nSPS) is 10.6. The highest BCUT2D eigenvalue weighted by molar-refractivity contribution is 6.30. The summed E-state index contributed by atoms with van der Waals surface area (Å²) in [7, 11) is 0. The monoisotopic (exact) mass is 532 g/mol. The molecule has 4 rings (SSSR count). The van der Waals surface area contributed by atoms with Crippen LogP contribution in [0, 0.1) is 0 Å². The van der Waals surface area contributed by atoms with E-state index in [9.17, 15) is 9.59 Å². The molecule has 1 aromatic heterocycles. The molecule has 0 radical (unpaired) electrons. The molecular weight excluding hydrogens is 504 g/mol. The number of hydrogen-bond acceptors (Lipinski definition) is 7. The van der Waals surface area contributed by atoms with Crippen LogP contribution in [0.2, 0.25) is 5.02 Å². The largest absolute Gasteiger partial charge is 0.484 e. The summed E-state index contributed by atoms with van der Waals surface area (Å²) in [5.74, 6) is 2.04. The van der Waals surface area contributed by atoms with E-state index in [0.717, 1.165) is 16.3 Å². The number of rotatable bonds is 12. The van der Waals surface area contributed by atoms with Gasteiger partial charge in [0, 0.05) is 49.8 Å². The van der Waals surface area contributed by atoms with E-state index in [-0.39, 0.29) is 18.4 Å². The molecule has 196 valence electrons. The average Bonchev–Trinajstić information content (AvgIpc) is 2.92. The zero-order chi connectivity index (χ0) is 26.7. The van der Waals surface area contributed by atoms with E-state index in [1.165, 1.54) is 6.92 Å². The second kappa shape index (κ2) is 13.3. The number of halogens is 1. The van der Waals surface area contributed by atoms with Crippen LogP contribution in [0.1, 0.15) is 6.92 Å². The number of carbonyl (C=O) groups excluding carboxylic acids is 2. The van der Waals surface area contributed by atoms with Crippen LogP contribution in [0.4, 0.5) is 11.6 Å². The van der Waals surface area contributed by atoms with Gasteiger partial charge in [0.15, 0.2) is 12.4 Å².